The van der Waals surface area contributed by atoms with Gasteiger partial charge in [-0.2, -0.15) is 0 Å². The van der Waals surface area contributed by atoms with Gasteiger partial charge in [-0.15, -0.1) is 0 Å². The summed E-state index contributed by atoms with van der Waals surface area (Å²) in [4.78, 5) is 9.82. The minimum atomic E-state index is -2.93. The van der Waals surface area contributed by atoms with E-state index in [9.17, 15) is 0 Å². The summed E-state index contributed by atoms with van der Waals surface area (Å²) in [5.41, 5.74) is 9.62. The highest BCUT2D eigenvalue weighted by molar-refractivity contribution is 7.20. The Hall–Kier alpha value is -6.69. The highest BCUT2D eigenvalue weighted by Gasteiger charge is 2.42. The number of pyridine rings is 1. The summed E-state index contributed by atoms with van der Waals surface area (Å²) in [7, 11) is -0.750. The third-order valence-corrected chi connectivity index (χ3v) is 16.2. The second-order valence-electron chi connectivity index (χ2n) is 14.6. The Morgan fingerprint density at radius 1 is 0.509 bits per heavy atom. The molecule has 0 radical (unpaired) electrons. The van der Waals surface area contributed by atoms with E-state index in [1.165, 1.54) is 59.7 Å². The van der Waals surface area contributed by atoms with Crippen molar-refractivity contribution in [3.05, 3.63) is 200 Å². The van der Waals surface area contributed by atoms with E-state index in [1.54, 1.807) is 0 Å². The van der Waals surface area contributed by atoms with E-state index < -0.39 is 8.07 Å². The number of para-hydroxylation sites is 3. The van der Waals surface area contributed by atoms with E-state index in [4.69, 9.17) is 4.98 Å². The van der Waals surface area contributed by atoms with Gasteiger partial charge in [-0.1, -0.05) is 140 Å². The molecule has 0 amide bonds. The van der Waals surface area contributed by atoms with Gasteiger partial charge >= 0.3 is 0 Å². The second kappa shape index (κ2) is 13.3. The third kappa shape index (κ3) is 5.30. The number of anilines is 3. The molecule has 0 unspecified atom stereocenters. The number of hydrogen-bond donors (Lipinski definition) is 0. The fraction of sp³-hybridized carbons (Fsp3) is 0.0600. The van der Waals surface area contributed by atoms with Gasteiger partial charge in [-0.25, -0.2) is 4.98 Å². The molecule has 4 nitrogen and oxygen atoms in total. The van der Waals surface area contributed by atoms with Gasteiger partial charge in [0.25, 0.3) is 0 Å². The predicted octanol–water partition coefficient (Wildman–Crippen LogP) is 9.08. The van der Waals surface area contributed by atoms with Crippen LogP contribution in [0.5, 0.6) is 0 Å². The highest BCUT2D eigenvalue weighted by atomic mass is 28.3. The zero-order valence-electron chi connectivity index (χ0n) is 31.0. The number of hydrogen-bond acceptors (Lipinski definition) is 3. The summed E-state index contributed by atoms with van der Waals surface area (Å²) >= 11 is 0. The molecule has 10 rings (SSSR count). The summed E-state index contributed by atoms with van der Waals surface area (Å²) in [6.07, 6.45) is 1.95. The van der Waals surface area contributed by atoms with Crippen molar-refractivity contribution in [2.75, 3.05) is 23.5 Å². The Kier molecular flexibility index (Phi) is 7.97. The van der Waals surface area contributed by atoms with Gasteiger partial charge in [-0.05, 0) is 92.9 Å². The minimum absolute atomic E-state index is 0.800. The van der Waals surface area contributed by atoms with Crippen molar-refractivity contribution in [2.45, 2.75) is 6.92 Å². The van der Waals surface area contributed by atoms with E-state index in [1.807, 2.05) is 6.20 Å². The minimum Gasteiger partial charge on any atom is -0.355 e. The smallest absolute Gasteiger partial charge is 0.179 e. The van der Waals surface area contributed by atoms with E-state index in [2.05, 4.69) is 216 Å². The first-order chi connectivity index (χ1) is 27.1. The third-order valence-electron chi connectivity index (χ3n) is 11.5. The largest absolute Gasteiger partial charge is 0.355 e. The van der Waals surface area contributed by atoms with Crippen LogP contribution in [0.15, 0.2) is 194 Å². The van der Waals surface area contributed by atoms with E-state index in [-0.39, 0.29) is 0 Å². The fourth-order valence-corrected chi connectivity index (χ4v) is 13.7. The van der Waals surface area contributed by atoms with E-state index in [0.717, 1.165) is 29.1 Å². The molecular formula is C50H40N4Si. The first-order valence-electron chi connectivity index (χ1n) is 19.0. The molecule has 264 valence electrons. The Morgan fingerprint density at radius 2 is 1.15 bits per heavy atom. The summed E-state index contributed by atoms with van der Waals surface area (Å²) in [5.74, 6) is 0.912. The summed E-state index contributed by atoms with van der Waals surface area (Å²) in [6, 6.07) is 69.5. The molecule has 0 fully saturated rings. The first-order valence-corrected chi connectivity index (χ1v) is 21.0. The average Bonchev–Trinajstić information content (AvgIpc) is 3.76. The lowest BCUT2D eigenvalue weighted by atomic mass is 10.0. The van der Waals surface area contributed by atoms with Gasteiger partial charge in [0.15, 0.2) is 8.07 Å². The molecule has 1 aliphatic rings. The van der Waals surface area contributed by atoms with E-state index in [0.29, 0.717) is 0 Å². The van der Waals surface area contributed by atoms with Crippen LogP contribution in [0.3, 0.4) is 0 Å². The Morgan fingerprint density at radius 3 is 1.93 bits per heavy atom. The van der Waals surface area contributed by atoms with Crippen molar-refractivity contribution in [2.24, 2.45) is 0 Å². The molecule has 9 aromatic rings. The molecule has 0 aliphatic carbocycles. The average molecular weight is 725 g/mol. The van der Waals surface area contributed by atoms with Crippen molar-refractivity contribution in [1.82, 2.24) is 9.55 Å². The lowest BCUT2D eigenvalue weighted by Gasteiger charge is -2.35. The van der Waals surface area contributed by atoms with Gasteiger partial charge in [0.05, 0.1) is 29.1 Å². The van der Waals surface area contributed by atoms with Gasteiger partial charge in [0.2, 0.25) is 0 Å². The van der Waals surface area contributed by atoms with Gasteiger partial charge in [0.1, 0.15) is 5.82 Å². The number of nitrogens with zero attached hydrogens (tertiary/aromatic N) is 4. The molecule has 1 aliphatic heterocycles. The number of aryl methyl sites for hydroxylation is 1. The van der Waals surface area contributed by atoms with Crippen LogP contribution < -0.4 is 30.5 Å². The standard InChI is InChI=1S/C50H40N4Si/c1-36-16-9-10-23-43(36)37-30-31-51-50(32-37)54-46-25-12-11-24-44(46)45-29-28-42(34-49(45)54)55(39-18-5-3-6-19-39,40-20-7-4-8-21-40)41-22-15-17-38(33-41)53-35-52(2)47-26-13-14-27-48(47)53/h3-34H,35H2,1-2H3. The van der Waals surface area contributed by atoms with Crippen molar-refractivity contribution >= 4 is 67.7 Å². The predicted molar refractivity (Wildman–Crippen MR) is 234 cm³/mol. The molecule has 0 saturated heterocycles. The highest BCUT2D eigenvalue weighted by Crippen LogP contribution is 2.39. The van der Waals surface area contributed by atoms with Gasteiger partial charge < -0.3 is 9.80 Å². The molecule has 0 atom stereocenters. The van der Waals surface area contributed by atoms with Crippen LogP contribution in [-0.2, 0) is 0 Å². The number of aromatic nitrogens is 2. The Bertz CT molecular complexity index is 2810. The molecule has 0 spiro atoms. The normalized spacial score (nSPS) is 12.8. The van der Waals surface area contributed by atoms with Crippen LogP contribution in [0.4, 0.5) is 17.1 Å². The zero-order chi connectivity index (χ0) is 36.9. The van der Waals surface area contributed by atoms with Gasteiger partial charge in [0, 0.05) is 29.7 Å². The molecule has 0 N–H and O–H groups in total. The first kappa shape index (κ1) is 32.9. The molecule has 3 heterocycles. The van der Waals surface area contributed by atoms with Gasteiger partial charge in [-0.3, -0.25) is 4.57 Å². The molecular weight excluding hydrogens is 685 g/mol. The van der Waals surface area contributed by atoms with Crippen LogP contribution >= 0.6 is 0 Å². The fourth-order valence-electron chi connectivity index (χ4n) is 8.94. The molecule has 2 aromatic heterocycles. The van der Waals surface area contributed by atoms with Crippen LogP contribution in [0, 0.1) is 6.92 Å². The monoisotopic (exact) mass is 724 g/mol. The van der Waals surface area contributed by atoms with Crippen molar-refractivity contribution < 1.29 is 0 Å². The van der Waals surface area contributed by atoms with Crippen LogP contribution in [0.25, 0.3) is 38.8 Å². The second-order valence-corrected chi connectivity index (χ2v) is 18.4. The lowest BCUT2D eigenvalue weighted by Crippen LogP contribution is -2.74. The molecule has 0 bridgehead atoms. The van der Waals surface area contributed by atoms with E-state index >= 15 is 0 Å². The Labute approximate surface area is 323 Å². The maximum Gasteiger partial charge on any atom is 0.179 e. The molecule has 7 aromatic carbocycles. The summed E-state index contributed by atoms with van der Waals surface area (Å²) in [5, 5.41) is 7.80. The SMILES string of the molecule is Cc1ccccc1-c1ccnc(-n2c3ccccc3c3ccc([Si](c4ccccc4)(c4ccccc4)c4cccc(N5CN(C)c6ccccc65)c4)cc32)c1. The number of benzene rings is 7. The lowest BCUT2D eigenvalue weighted by molar-refractivity contribution is 0.950. The van der Waals surface area contributed by atoms with Crippen molar-refractivity contribution in [3.8, 4) is 16.9 Å². The maximum absolute atomic E-state index is 5.05. The maximum atomic E-state index is 5.05. The Balaban J connectivity index is 1.25. The molecule has 55 heavy (non-hydrogen) atoms. The number of fused-ring (bicyclic) bond motifs is 4. The molecule has 5 heteroatoms. The van der Waals surface area contributed by atoms with Crippen molar-refractivity contribution in [1.29, 1.82) is 0 Å². The topological polar surface area (TPSA) is 24.3 Å². The zero-order valence-corrected chi connectivity index (χ0v) is 32.0. The van der Waals surface area contributed by atoms with Crippen LogP contribution in [0.1, 0.15) is 5.56 Å². The number of rotatable bonds is 7. The van der Waals surface area contributed by atoms with Crippen molar-refractivity contribution in [3.63, 3.8) is 0 Å². The summed E-state index contributed by atoms with van der Waals surface area (Å²) < 4.78 is 2.37. The molecule has 0 saturated carbocycles. The van der Waals surface area contributed by atoms with Crippen LogP contribution in [-0.4, -0.2) is 31.3 Å². The van der Waals surface area contributed by atoms with Crippen LogP contribution in [0.2, 0.25) is 0 Å². The quantitative estimate of drug-likeness (QED) is 0.121. The summed E-state index contributed by atoms with van der Waals surface area (Å²) in [6.45, 7) is 2.98.